The van der Waals surface area contributed by atoms with Crippen molar-refractivity contribution < 1.29 is 5.11 Å². The predicted octanol–water partition coefficient (Wildman–Crippen LogP) is 3.78. The number of rotatable bonds is 5. The first kappa shape index (κ1) is 14.3. The van der Waals surface area contributed by atoms with Gasteiger partial charge in [0.05, 0.1) is 4.34 Å². The van der Waals surface area contributed by atoms with Gasteiger partial charge in [0.15, 0.2) is 0 Å². The van der Waals surface area contributed by atoms with Gasteiger partial charge in [-0.1, -0.05) is 25.4 Å². The van der Waals surface area contributed by atoms with Gasteiger partial charge in [0.2, 0.25) is 0 Å². The molecule has 1 aromatic heterocycles. The van der Waals surface area contributed by atoms with Crippen molar-refractivity contribution in [3.63, 3.8) is 0 Å². The van der Waals surface area contributed by atoms with E-state index in [1.54, 1.807) is 11.3 Å². The van der Waals surface area contributed by atoms with Crippen LogP contribution >= 0.6 is 22.9 Å². The van der Waals surface area contributed by atoms with Crippen LogP contribution in [0.15, 0.2) is 6.07 Å². The maximum Gasteiger partial charge on any atom is 0.0934 e. The van der Waals surface area contributed by atoms with Crippen LogP contribution in [0.25, 0.3) is 0 Å². The SMILES string of the molecule is CC(C)(CCO)CNC1CCCc2sc(Cl)cc21. The Morgan fingerprint density at radius 3 is 3.06 bits per heavy atom. The van der Waals surface area contributed by atoms with Gasteiger partial charge in [-0.2, -0.15) is 0 Å². The zero-order chi connectivity index (χ0) is 13.2. The molecule has 1 atom stereocenters. The molecule has 1 heterocycles. The zero-order valence-electron chi connectivity index (χ0n) is 11.1. The first-order chi connectivity index (χ1) is 8.52. The summed E-state index contributed by atoms with van der Waals surface area (Å²) in [5.41, 5.74) is 1.54. The lowest BCUT2D eigenvalue weighted by atomic mass is 9.88. The molecule has 0 aromatic carbocycles. The quantitative estimate of drug-likeness (QED) is 0.864. The molecule has 1 aliphatic rings. The number of halogens is 1. The van der Waals surface area contributed by atoms with Crippen LogP contribution in [0.4, 0.5) is 0 Å². The largest absolute Gasteiger partial charge is 0.396 e. The van der Waals surface area contributed by atoms with Crippen LogP contribution in [0.1, 0.15) is 49.6 Å². The maximum absolute atomic E-state index is 9.06. The number of hydrogen-bond donors (Lipinski definition) is 2. The van der Waals surface area contributed by atoms with Crippen molar-refractivity contribution in [2.45, 2.75) is 45.6 Å². The van der Waals surface area contributed by atoms with Gasteiger partial charge < -0.3 is 10.4 Å². The molecule has 0 radical (unpaired) electrons. The summed E-state index contributed by atoms with van der Waals surface area (Å²) in [5.74, 6) is 0. The molecular formula is C14H22ClNOS. The summed E-state index contributed by atoms with van der Waals surface area (Å²) in [5, 5.41) is 12.7. The molecule has 102 valence electrons. The van der Waals surface area contributed by atoms with Crippen molar-refractivity contribution in [1.82, 2.24) is 5.32 Å². The fourth-order valence-corrected chi connectivity index (χ4v) is 3.91. The molecule has 0 saturated carbocycles. The standard InChI is InChI=1S/C14H22ClNOS/c1-14(2,6-7-17)9-16-11-4-3-5-12-10(11)8-13(15)18-12/h8,11,16-17H,3-7,9H2,1-2H3. The number of aryl methyl sites for hydroxylation is 1. The van der Waals surface area contributed by atoms with E-state index in [0.29, 0.717) is 6.04 Å². The first-order valence-corrected chi connectivity index (χ1v) is 7.84. The molecule has 2 nitrogen and oxygen atoms in total. The summed E-state index contributed by atoms with van der Waals surface area (Å²) in [6, 6.07) is 2.56. The minimum absolute atomic E-state index is 0.145. The number of aliphatic hydroxyl groups is 1. The van der Waals surface area contributed by atoms with Gasteiger partial charge in [0.25, 0.3) is 0 Å². The lowest BCUT2D eigenvalue weighted by Gasteiger charge is -2.30. The number of thiophene rings is 1. The Morgan fingerprint density at radius 1 is 1.56 bits per heavy atom. The minimum atomic E-state index is 0.145. The van der Waals surface area contributed by atoms with Gasteiger partial charge >= 0.3 is 0 Å². The molecule has 0 fully saturated rings. The van der Waals surface area contributed by atoms with Gasteiger partial charge in [-0.25, -0.2) is 0 Å². The van der Waals surface area contributed by atoms with Crippen LogP contribution in [0.5, 0.6) is 0 Å². The highest BCUT2D eigenvalue weighted by atomic mass is 35.5. The number of fused-ring (bicyclic) bond motifs is 1. The van der Waals surface area contributed by atoms with Crippen LogP contribution in [0.2, 0.25) is 4.34 Å². The molecule has 1 aromatic rings. The Hall–Kier alpha value is -0.0900. The Kier molecular flexibility index (Phi) is 4.70. The Morgan fingerprint density at radius 2 is 2.33 bits per heavy atom. The van der Waals surface area contributed by atoms with E-state index in [-0.39, 0.29) is 12.0 Å². The van der Waals surface area contributed by atoms with Crippen molar-refractivity contribution in [1.29, 1.82) is 0 Å². The molecule has 0 aliphatic heterocycles. The van der Waals surface area contributed by atoms with Crippen LogP contribution in [0.3, 0.4) is 0 Å². The van der Waals surface area contributed by atoms with E-state index in [4.69, 9.17) is 16.7 Å². The molecule has 1 unspecified atom stereocenters. The van der Waals surface area contributed by atoms with E-state index in [1.807, 2.05) is 0 Å². The number of hydrogen-bond acceptors (Lipinski definition) is 3. The fourth-order valence-electron chi connectivity index (χ4n) is 2.52. The maximum atomic E-state index is 9.06. The van der Waals surface area contributed by atoms with E-state index < -0.39 is 0 Å². The Bertz CT molecular complexity index is 402. The third-order valence-corrected chi connectivity index (χ3v) is 5.04. The fraction of sp³-hybridized carbons (Fsp3) is 0.714. The van der Waals surface area contributed by atoms with E-state index in [0.717, 1.165) is 17.3 Å². The van der Waals surface area contributed by atoms with Crippen LogP contribution in [-0.4, -0.2) is 18.3 Å². The Labute approximate surface area is 118 Å². The second-order valence-corrected chi connectivity index (χ2v) is 7.66. The highest BCUT2D eigenvalue weighted by molar-refractivity contribution is 7.16. The van der Waals surface area contributed by atoms with Gasteiger partial charge in [-0.3, -0.25) is 0 Å². The van der Waals surface area contributed by atoms with Gasteiger partial charge in [0.1, 0.15) is 0 Å². The molecule has 0 spiro atoms. The summed E-state index contributed by atoms with van der Waals surface area (Å²) < 4.78 is 0.906. The highest BCUT2D eigenvalue weighted by Crippen LogP contribution is 2.38. The second kappa shape index (κ2) is 5.91. The first-order valence-electron chi connectivity index (χ1n) is 6.64. The van der Waals surface area contributed by atoms with Crippen molar-refractivity contribution in [3.05, 3.63) is 20.8 Å². The predicted molar refractivity (Wildman–Crippen MR) is 78.5 cm³/mol. The molecule has 18 heavy (non-hydrogen) atoms. The highest BCUT2D eigenvalue weighted by Gasteiger charge is 2.25. The third kappa shape index (κ3) is 3.47. The molecule has 0 bridgehead atoms. The molecular weight excluding hydrogens is 266 g/mol. The van der Waals surface area contributed by atoms with E-state index in [9.17, 15) is 0 Å². The lowest BCUT2D eigenvalue weighted by molar-refractivity contribution is 0.201. The molecule has 2 N–H and O–H groups in total. The normalized spacial score (nSPS) is 19.9. The molecule has 1 aliphatic carbocycles. The van der Waals surface area contributed by atoms with Crippen molar-refractivity contribution >= 4 is 22.9 Å². The van der Waals surface area contributed by atoms with E-state index in [1.165, 1.54) is 29.7 Å². The van der Waals surface area contributed by atoms with Crippen LogP contribution in [0, 0.1) is 5.41 Å². The molecule has 2 rings (SSSR count). The molecule has 0 saturated heterocycles. The van der Waals surface area contributed by atoms with E-state index in [2.05, 4.69) is 25.2 Å². The zero-order valence-corrected chi connectivity index (χ0v) is 12.7. The Balaban J connectivity index is 1.99. The van der Waals surface area contributed by atoms with Crippen molar-refractivity contribution in [3.8, 4) is 0 Å². The van der Waals surface area contributed by atoms with Crippen molar-refractivity contribution in [2.75, 3.05) is 13.2 Å². The summed E-state index contributed by atoms with van der Waals surface area (Å²) in [6.07, 6.45) is 4.44. The van der Waals surface area contributed by atoms with Crippen LogP contribution in [-0.2, 0) is 6.42 Å². The monoisotopic (exact) mass is 287 g/mol. The molecule has 0 amide bonds. The number of aliphatic hydroxyl groups excluding tert-OH is 1. The minimum Gasteiger partial charge on any atom is -0.396 e. The van der Waals surface area contributed by atoms with Gasteiger partial charge in [-0.15, -0.1) is 11.3 Å². The average molecular weight is 288 g/mol. The topological polar surface area (TPSA) is 32.3 Å². The van der Waals surface area contributed by atoms with Gasteiger partial charge in [0, 0.05) is 24.1 Å². The summed E-state index contributed by atoms with van der Waals surface area (Å²) in [7, 11) is 0. The van der Waals surface area contributed by atoms with Crippen LogP contribution < -0.4 is 5.32 Å². The molecule has 4 heteroatoms. The summed E-state index contributed by atoms with van der Waals surface area (Å²) in [4.78, 5) is 1.45. The van der Waals surface area contributed by atoms with E-state index >= 15 is 0 Å². The summed E-state index contributed by atoms with van der Waals surface area (Å²) >= 11 is 7.84. The number of nitrogens with one attached hydrogen (secondary N) is 1. The lowest BCUT2D eigenvalue weighted by Crippen LogP contribution is -2.34. The second-order valence-electron chi connectivity index (χ2n) is 5.89. The average Bonchev–Trinajstić information content (AvgIpc) is 2.67. The van der Waals surface area contributed by atoms with Gasteiger partial charge in [-0.05, 0) is 42.7 Å². The third-order valence-electron chi connectivity index (χ3n) is 3.70. The smallest absolute Gasteiger partial charge is 0.0934 e. The summed E-state index contributed by atoms with van der Waals surface area (Å²) in [6.45, 7) is 5.58. The van der Waals surface area contributed by atoms with Crippen molar-refractivity contribution in [2.24, 2.45) is 5.41 Å².